The molecule has 0 aliphatic rings. The summed E-state index contributed by atoms with van der Waals surface area (Å²) in [5, 5.41) is -0.291. The Hall–Kier alpha value is -4.02. The molecule has 0 spiro atoms. The predicted molar refractivity (Wildman–Crippen MR) is 122 cm³/mol. The SMILES string of the molecule is CCOC(=O)c1cnc2c(C(=O)OCC)cc(C(=O)OCC)c(C(=O)OCC)c2c1C(=O)OCC. The summed E-state index contributed by atoms with van der Waals surface area (Å²) >= 11 is 0. The summed E-state index contributed by atoms with van der Waals surface area (Å²) in [6, 6.07) is 1.09. The van der Waals surface area contributed by atoms with E-state index < -0.39 is 41.0 Å². The van der Waals surface area contributed by atoms with Gasteiger partial charge in [0.15, 0.2) is 0 Å². The van der Waals surface area contributed by atoms with Crippen LogP contribution in [0.15, 0.2) is 12.3 Å². The number of aromatic nitrogens is 1. The highest BCUT2D eigenvalue weighted by Crippen LogP contribution is 2.33. The lowest BCUT2D eigenvalue weighted by Gasteiger charge is -2.18. The average Bonchev–Trinajstić information content (AvgIpc) is 2.82. The van der Waals surface area contributed by atoms with Crippen LogP contribution in [0.5, 0.6) is 0 Å². The molecule has 0 atom stereocenters. The van der Waals surface area contributed by atoms with Crippen molar-refractivity contribution >= 4 is 40.7 Å². The smallest absolute Gasteiger partial charge is 0.340 e. The first kappa shape index (κ1) is 27.2. The van der Waals surface area contributed by atoms with Gasteiger partial charge in [0.25, 0.3) is 0 Å². The topological polar surface area (TPSA) is 144 Å². The van der Waals surface area contributed by atoms with E-state index in [1.807, 2.05) is 0 Å². The van der Waals surface area contributed by atoms with Crippen molar-refractivity contribution in [3.8, 4) is 0 Å². The van der Waals surface area contributed by atoms with E-state index in [1.54, 1.807) is 34.6 Å². The van der Waals surface area contributed by atoms with Gasteiger partial charge in [0.2, 0.25) is 0 Å². The van der Waals surface area contributed by atoms with Crippen LogP contribution in [0, 0.1) is 0 Å². The maximum Gasteiger partial charge on any atom is 0.340 e. The van der Waals surface area contributed by atoms with Gasteiger partial charge in [-0.1, -0.05) is 0 Å². The normalized spacial score (nSPS) is 10.4. The Bertz CT molecular complexity index is 1130. The summed E-state index contributed by atoms with van der Waals surface area (Å²) in [5.41, 5.74) is -1.90. The molecule has 0 unspecified atom stereocenters. The van der Waals surface area contributed by atoms with Crippen molar-refractivity contribution in [2.45, 2.75) is 34.6 Å². The van der Waals surface area contributed by atoms with Gasteiger partial charge in [-0.15, -0.1) is 0 Å². The van der Waals surface area contributed by atoms with Crippen molar-refractivity contribution in [1.29, 1.82) is 0 Å². The van der Waals surface area contributed by atoms with Gasteiger partial charge in [0, 0.05) is 11.6 Å². The van der Waals surface area contributed by atoms with Crippen molar-refractivity contribution in [3.63, 3.8) is 0 Å². The third-order valence-corrected chi connectivity index (χ3v) is 4.59. The lowest BCUT2D eigenvalue weighted by Crippen LogP contribution is -2.22. The van der Waals surface area contributed by atoms with Crippen LogP contribution in [0.25, 0.3) is 10.9 Å². The van der Waals surface area contributed by atoms with Crippen LogP contribution in [0.1, 0.15) is 86.4 Å². The quantitative estimate of drug-likeness (QED) is 0.358. The number of hydrogen-bond donors (Lipinski definition) is 0. The van der Waals surface area contributed by atoms with Crippen LogP contribution in [0.4, 0.5) is 0 Å². The predicted octanol–water partition coefficient (Wildman–Crippen LogP) is 3.12. The average molecular weight is 489 g/mol. The number of hydrogen-bond acceptors (Lipinski definition) is 11. The zero-order valence-corrected chi connectivity index (χ0v) is 20.2. The Balaban J connectivity index is 3.19. The second-order valence-electron chi connectivity index (χ2n) is 6.72. The minimum Gasteiger partial charge on any atom is -0.462 e. The minimum atomic E-state index is -0.996. The fourth-order valence-corrected chi connectivity index (χ4v) is 3.31. The molecule has 0 saturated carbocycles. The highest BCUT2D eigenvalue weighted by atomic mass is 16.5. The molecular weight excluding hydrogens is 462 g/mol. The lowest BCUT2D eigenvalue weighted by atomic mass is 9.92. The second kappa shape index (κ2) is 12.4. The van der Waals surface area contributed by atoms with Crippen LogP contribution in [0.2, 0.25) is 0 Å². The zero-order chi connectivity index (χ0) is 26.1. The van der Waals surface area contributed by atoms with Crippen molar-refractivity contribution < 1.29 is 47.7 Å². The van der Waals surface area contributed by atoms with Gasteiger partial charge in [-0.25, -0.2) is 24.0 Å². The Morgan fingerprint density at radius 2 is 0.943 bits per heavy atom. The van der Waals surface area contributed by atoms with E-state index in [1.165, 1.54) is 0 Å². The van der Waals surface area contributed by atoms with Crippen molar-refractivity contribution in [2.24, 2.45) is 0 Å². The Morgan fingerprint density at radius 1 is 0.571 bits per heavy atom. The molecule has 1 heterocycles. The first-order valence-corrected chi connectivity index (χ1v) is 11.1. The highest BCUT2D eigenvalue weighted by Gasteiger charge is 2.33. The van der Waals surface area contributed by atoms with Crippen molar-refractivity contribution in [3.05, 3.63) is 40.1 Å². The number of ether oxygens (including phenoxy) is 5. The molecule has 35 heavy (non-hydrogen) atoms. The van der Waals surface area contributed by atoms with E-state index in [2.05, 4.69) is 4.98 Å². The number of carbonyl (C=O) groups excluding carboxylic acids is 5. The van der Waals surface area contributed by atoms with Gasteiger partial charge in [-0.05, 0) is 40.7 Å². The second-order valence-corrected chi connectivity index (χ2v) is 6.72. The van der Waals surface area contributed by atoms with E-state index >= 15 is 0 Å². The fourth-order valence-electron chi connectivity index (χ4n) is 3.31. The number of benzene rings is 1. The van der Waals surface area contributed by atoms with E-state index in [-0.39, 0.29) is 60.6 Å². The zero-order valence-electron chi connectivity index (χ0n) is 20.2. The summed E-state index contributed by atoms with van der Waals surface area (Å²) in [4.78, 5) is 68.7. The summed E-state index contributed by atoms with van der Waals surface area (Å²) in [6.07, 6.45) is 1.04. The summed E-state index contributed by atoms with van der Waals surface area (Å²) < 4.78 is 25.5. The number of fused-ring (bicyclic) bond motifs is 1. The van der Waals surface area contributed by atoms with Crippen LogP contribution in [-0.4, -0.2) is 67.9 Å². The Labute approximate surface area is 201 Å². The molecule has 0 aliphatic carbocycles. The van der Waals surface area contributed by atoms with Gasteiger partial charge < -0.3 is 23.7 Å². The summed E-state index contributed by atoms with van der Waals surface area (Å²) in [6.45, 7) is 7.61. The summed E-state index contributed by atoms with van der Waals surface area (Å²) in [5.74, 6) is -4.74. The van der Waals surface area contributed by atoms with Crippen molar-refractivity contribution in [1.82, 2.24) is 4.98 Å². The molecule has 0 amide bonds. The third kappa shape index (κ3) is 5.73. The van der Waals surface area contributed by atoms with E-state index in [4.69, 9.17) is 23.7 Å². The van der Waals surface area contributed by atoms with Gasteiger partial charge in [-0.2, -0.15) is 0 Å². The largest absolute Gasteiger partial charge is 0.462 e. The monoisotopic (exact) mass is 489 g/mol. The molecule has 0 fully saturated rings. The van der Waals surface area contributed by atoms with Crippen LogP contribution in [0.3, 0.4) is 0 Å². The Kier molecular flexibility index (Phi) is 9.68. The van der Waals surface area contributed by atoms with E-state index in [0.29, 0.717) is 0 Å². The van der Waals surface area contributed by atoms with Gasteiger partial charge in [0.05, 0.1) is 66.4 Å². The molecular formula is C24H27NO10. The van der Waals surface area contributed by atoms with E-state index in [9.17, 15) is 24.0 Å². The first-order valence-electron chi connectivity index (χ1n) is 11.1. The first-order chi connectivity index (χ1) is 16.8. The van der Waals surface area contributed by atoms with Gasteiger partial charge in [-0.3, -0.25) is 4.98 Å². The Morgan fingerprint density at radius 3 is 1.40 bits per heavy atom. The van der Waals surface area contributed by atoms with Gasteiger partial charge >= 0.3 is 29.8 Å². The fraction of sp³-hybridized carbons (Fsp3) is 0.417. The molecule has 2 rings (SSSR count). The number of rotatable bonds is 10. The molecule has 11 heteroatoms. The minimum absolute atomic E-state index is 0.000335. The van der Waals surface area contributed by atoms with Crippen LogP contribution in [-0.2, 0) is 23.7 Å². The standard InChI is InChI=1S/C24H27NO10/c1-6-31-20(26)13-11-14(21(27)32-7-2)19-18(16(13)23(29)34-9-4)17(24(30)35-10-5)15(12-25-19)22(28)33-8-3/h11-12H,6-10H2,1-5H3. The molecule has 0 bridgehead atoms. The molecule has 11 nitrogen and oxygen atoms in total. The van der Waals surface area contributed by atoms with Gasteiger partial charge in [0.1, 0.15) is 0 Å². The molecule has 1 aromatic carbocycles. The van der Waals surface area contributed by atoms with E-state index in [0.717, 1.165) is 12.3 Å². The number of carbonyl (C=O) groups is 5. The molecule has 2 aromatic rings. The maximum absolute atomic E-state index is 13.1. The molecule has 0 saturated heterocycles. The number of nitrogens with zero attached hydrogens (tertiary/aromatic N) is 1. The third-order valence-electron chi connectivity index (χ3n) is 4.59. The van der Waals surface area contributed by atoms with Crippen LogP contribution < -0.4 is 0 Å². The number of esters is 5. The summed E-state index contributed by atoms with van der Waals surface area (Å²) in [7, 11) is 0. The molecule has 0 aliphatic heterocycles. The lowest BCUT2D eigenvalue weighted by molar-refractivity contribution is 0.0472. The molecule has 1 aromatic heterocycles. The van der Waals surface area contributed by atoms with Crippen molar-refractivity contribution in [2.75, 3.05) is 33.0 Å². The molecule has 0 radical (unpaired) electrons. The van der Waals surface area contributed by atoms with Crippen LogP contribution >= 0.6 is 0 Å². The molecule has 0 N–H and O–H groups in total. The maximum atomic E-state index is 13.1. The highest BCUT2D eigenvalue weighted by molar-refractivity contribution is 6.23. The number of pyridine rings is 1. The molecule has 188 valence electrons.